The zero-order valence-electron chi connectivity index (χ0n) is 13.4. The first-order chi connectivity index (χ1) is 9.74. The highest BCUT2D eigenvalue weighted by Crippen LogP contribution is 2.10. The molecule has 0 N–H and O–H groups in total. The van der Waals surface area contributed by atoms with Crippen molar-refractivity contribution in [2.24, 2.45) is 0 Å². The smallest absolute Gasteiger partial charge is 0.0890 e. The van der Waals surface area contributed by atoms with Crippen LogP contribution in [0.3, 0.4) is 0 Å². The van der Waals surface area contributed by atoms with Crippen LogP contribution in [0.4, 0.5) is 0 Å². The second-order valence-corrected chi connectivity index (χ2v) is 6.47. The number of likely N-dealkylation sites (N-methyl/N-ethyl adjacent to an activating group) is 1. The lowest BCUT2D eigenvalue weighted by atomic mass is 10.1. The third-order valence-electron chi connectivity index (χ3n) is 4.35. The van der Waals surface area contributed by atoms with Crippen LogP contribution in [-0.4, -0.2) is 73.2 Å². The van der Waals surface area contributed by atoms with Crippen molar-refractivity contribution in [2.45, 2.75) is 38.5 Å². The molecule has 0 aromatic heterocycles. The van der Waals surface area contributed by atoms with E-state index in [4.69, 9.17) is 0 Å². The van der Waals surface area contributed by atoms with E-state index in [2.05, 4.69) is 46.1 Å². The largest absolute Gasteiger partial charge is 0.362 e. The van der Waals surface area contributed by atoms with Gasteiger partial charge in [-0.15, -0.1) is 0 Å². The fraction of sp³-hybridized carbons (Fsp3) is 0.875. The molecule has 0 unspecified atom stereocenters. The average molecular weight is 280 g/mol. The summed E-state index contributed by atoms with van der Waals surface area (Å²) >= 11 is 0. The summed E-state index contributed by atoms with van der Waals surface area (Å²) in [6, 6.07) is 0. The average Bonchev–Trinajstić information content (AvgIpc) is 3.02. The Morgan fingerprint density at radius 3 is 2.05 bits per heavy atom. The number of hydrogen-bond acceptors (Lipinski definition) is 4. The van der Waals surface area contributed by atoms with Crippen molar-refractivity contribution in [1.29, 1.82) is 0 Å². The molecule has 0 saturated carbocycles. The molecule has 0 bridgehead atoms. The molecule has 0 aromatic carbocycles. The molecule has 4 nitrogen and oxygen atoms in total. The van der Waals surface area contributed by atoms with Gasteiger partial charge in [0.2, 0.25) is 0 Å². The first-order valence-electron chi connectivity index (χ1n) is 8.27. The highest BCUT2D eigenvalue weighted by Gasteiger charge is 2.14. The van der Waals surface area contributed by atoms with Crippen molar-refractivity contribution in [2.75, 3.05) is 53.6 Å². The minimum absolute atomic E-state index is 1.07. The van der Waals surface area contributed by atoms with Crippen molar-refractivity contribution in [1.82, 2.24) is 19.6 Å². The van der Waals surface area contributed by atoms with Crippen LogP contribution in [0.2, 0.25) is 0 Å². The number of nitrogens with zero attached hydrogens (tertiary/aromatic N) is 4. The number of unbranched alkanes of at least 4 members (excludes halogenated alkanes) is 5. The van der Waals surface area contributed by atoms with E-state index in [0.29, 0.717) is 0 Å². The van der Waals surface area contributed by atoms with E-state index in [-0.39, 0.29) is 0 Å². The summed E-state index contributed by atoms with van der Waals surface area (Å²) in [6.07, 6.45) is 12.7. The van der Waals surface area contributed by atoms with Crippen LogP contribution in [-0.2, 0) is 0 Å². The number of rotatable bonds is 9. The van der Waals surface area contributed by atoms with Gasteiger partial charge in [0, 0.05) is 39.1 Å². The predicted molar refractivity (Wildman–Crippen MR) is 85.2 cm³/mol. The fourth-order valence-corrected chi connectivity index (χ4v) is 3.07. The highest BCUT2D eigenvalue weighted by atomic mass is 15.4. The molecule has 0 aliphatic carbocycles. The predicted octanol–water partition coefficient (Wildman–Crippen LogP) is 2.21. The summed E-state index contributed by atoms with van der Waals surface area (Å²) in [5, 5.41) is 0. The second kappa shape index (κ2) is 8.53. The number of hydrogen-bond donors (Lipinski definition) is 0. The monoisotopic (exact) mass is 280 g/mol. The molecule has 0 amide bonds. The van der Waals surface area contributed by atoms with Gasteiger partial charge in [-0.05, 0) is 26.4 Å². The molecule has 0 aromatic rings. The molecule has 1 saturated heterocycles. The third-order valence-corrected chi connectivity index (χ3v) is 4.35. The molecule has 20 heavy (non-hydrogen) atoms. The van der Waals surface area contributed by atoms with E-state index < -0.39 is 0 Å². The second-order valence-electron chi connectivity index (χ2n) is 6.47. The van der Waals surface area contributed by atoms with Crippen LogP contribution < -0.4 is 0 Å². The van der Waals surface area contributed by atoms with E-state index in [1.54, 1.807) is 0 Å². The maximum atomic E-state index is 2.58. The van der Waals surface area contributed by atoms with Gasteiger partial charge >= 0.3 is 0 Å². The Morgan fingerprint density at radius 2 is 1.45 bits per heavy atom. The normalized spacial score (nSPS) is 20.5. The Kier molecular flexibility index (Phi) is 6.67. The maximum absolute atomic E-state index is 2.58. The molecule has 2 heterocycles. The minimum Gasteiger partial charge on any atom is -0.362 e. The first-order valence-corrected chi connectivity index (χ1v) is 8.27. The van der Waals surface area contributed by atoms with Crippen LogP contribution in [0.5, 0.6) is 0 Å². The van der Waals surface area contributed by atoms with Crippen LogP contribution in [0.1, 0.15) is 38.5 Å². The third kappa shape index (κ3) is 5.71. The molecule has 1 fully saturated rings. The molecule has 2 aliphatic heterocycles. The molecule has 0 atom stereocenters. The van der Waals surface area contributed by atoms with Crippen molar-refractivity contribution >= 4 is 0 Å². The van der Waals surface area contributed by atoms with Crippen molar-refractivity contribution < 1.29 is 0 Å². The first kappa shape index (κ1) is 15.6. The van der Waals surface area contributed by atoms with Gasteiger partial charge in [-0.1, -0.05) is 25.7 Å². The molecule has 116 valence electrons. The van der Waals surface area contributed by atoms with Crippen molar-refractivity contribution in [3.05, 3.63) is 12.4 Å². The van der Waals surface area contributed by atoms with Gasteiger partial charge in [-0.3, -0.25) is 9.80 Å². The Morgan fingerprint density at radius 1 is 0.750 bits per heavy atom. The van der Waals surface area contributed by atoms with Gasteiger partial charge < -0.3 is 9.80 Å². The topological polar surface area (TPSA) is 13.0 Å². The highest BCUT2D eigenvalue weighted by molar-refractivity contribution is 4.88. The van der Waals surface area contributed by atoms with Crippen molar-refractivity contribution in [3.8, 4) is 0 Å². The zero-order valence-corrected chi connectivity index (χ0v) is 13.4. The Labute approximate surface area is 125 Å². The molecule has 2 aliphatic rings. The molecule has 4 heteroatoms. The van der Waals surface area contributed by atoms with Crippen LogP contribution in [0.25, 0.3) is 0 Å². The molecule has 0 radical (unpaired) electrons. The van der Waals surface area contributed by atoms with Gasteiger partial charge in [0.05, 0.1) is 13.3 Å². The summed E-state index contributed by atoms with van der Waals surface area (Å²) in [7, 11) is 4.35. The lowest BCUT2D eigenvalue weighted by Gasteiger charge is -2.17. The summed E-state index contributed by atoms with van der Waals surface area (Å²) < 4.78 is 0. The summed E-state index contributed by atoms with van der Waals surface area (Å²) in [5.41, 5.74) is 0. The quantitative estimate of drug-likeness (QED) is 0.600. The van der Waals surface area contributed by atoms with E-state index >= 15 is 0 Å². The van der Waals surface area contributed by atoms with E-state index in [1.165, 1.54) is 71.4 Å². The minimum atomic E-state index is 1.07. The molecule has 0 spiro atoms. The lowest BCUT2D eigenvalue weighted by Crippen LogP contribution is -2.24. The Hall–Kier alpha value is -0.740. The van der Waals surface area contributed by atoms with E-state index in [0.717, 1.165) is 6.67 Å². The zero-order chi connectivity index (χ0) is 14.2. The van der Waals surface area contributed by atoms with Crippen LogP contribution >= 0.6 is 0 Å². The van der Waals surface area contributed by atoms with Gasteiger partial charge in [0.1, 0.15) is 0 Å². The van der Waals surface area contributed by atoms with Crippen molar-refractivity contribution in [3.63, 3.8) is 0 Å². The van der Waals surface area contributed by atoms with E-state index in [1.807, 2.05) is 0 Å². The Bertz CT molecular complexity index is 292. The van der Waals surface area contributed by atoms with Gasteiger partial charge in [0.15, 0.2) is 0 Å². The lowest BCUT2D eigenvalue weighted by molar-refractivity contribution is 0.268. The Balaban J connectivity index is 1.34. The SMILES string of the molecule is CN1C=CN(CCCCCCCCN2CCN(C)C2)C1. The standard InChI is InChI=1S/C16H32N4/c1-17-11-13-19(15-17)9-7-5-3-4-6-8-10-20-14-12-18(2)16-20/h11,13H,3-10,12,14-16H2,1-2H3. The van der Waals surface area contributed by atoms with Crippen LogP contribution in [0.15, 0.2) is 12.4 Å². The molecular formula is C16H32N4. The maximum Gasteiger partial charge on any atom is 0.0890 e. The van der Waals surface area contributed by atoms with Crippen LogP contribution in [0, 0.1) is 0 Å². The van der Waals surface area contributed by atoms with E-state index in [9.17, 15) is 0 Å². The van der Waals surface area contributed by atoms with Gasteiger partial charge in [-0.2, -0.15) is 0 Å². The molecular weight excluding hydrogens is 248 g/mol. The summed E-state index contributed by atoms with van der Waals surface area (Å²) in [4.78, 5) is 9.63. The fourth-order valence-electron chi connectivity index (χ4n) is 3.07. The molecule has 2 rings (SSSR count). The summed E-state index contributed by atoms with van der Waals surface area (Å²) in [6.45, 7) is 7.30. The van der Waals surface area contributed by atoms with Gasteiger partial charge in [0.25, 0.3) is 0 Å². The van der Waals surface area contributed by atoms with Gasteiger partial charge in [-0.25, -0.2) is 0 Å². The summed E-state index contributed by atoms with van der Waals surface area (Å²) in [5.74, 6) is 0.